The molecule has 19 heavy (non-hydrogen) atoms. The van der Waals surface area contributed by atoms with E-state index >= 15 is 0 Å². The maximum atomic E-state index is 6.33. The van der Waals surface area contributed by atoms with E-state index in [-0.39, 0.29) is 6.04 Å². The summed E-state index contributed by atoms with van der Waals surface area (Å²) >= 11 is 9.92. The zero-order valence-corrected chi connectivity index (χ0v) is 13.4. The van der Waals surface area contributed by atoms with E-state index in [1.54, 1.807) is 0 Å². The fourth-order valence-corrected chi connectivity index (χ4v) is 2.95. The topological polar surface area (TPSA) is 29.9 Å². The van der Waals surface area contributed by atoms with E-state index in [0.29, 0.717) is 0 Å². The van der Waals surface area contributed by atoms with Gasteiger partial charge in [-0.2, -0.15) is 5.10 Å². The van der Waals surface area contributed by atoms with Crippen LogP contribution in [0.1, 0.15) is 31.1 Å². The maximum absolute atomic E-state index is 6.33. The predicted octanol–water partition coefficient (Wildman–Crippen LogP) is 4.02. The minimum absolute atomic E-state index is 0.0375. The molecule has 0 radical (unpaired) electrons. The molecule has 0 aliphatic carbocycles. The molecule has 5 heteroatoms. The van der Waals surface area contributed by atoms with Gasteiger partial charge in [-0.1, -0.05) is 36.7 Å². The van der Waals surface area contributed by atoms with Gasteiger partial charge < -0.3 is 5.32 Å². The first-order valence-electron chi connectivity index (χ1n) is 6.38. The van der Waals surface area contributed by atoms with Gasteiger partial charge in [-0.25, -0.2) is 0 Å². The molecule has 0 amide bonds. The first kappa shape index (κ1) is 14.6. The molecule has 2 aromatic rings. The van der Waals surface area contributed by atoms with Crippen LogP contribution in [0.5, 0.6) is 0 Å². The summed E-state index contributed by atoms with van der Waals surface area (Å²) in [6, 6.07) is 7.96. The molecule has 2 rings (SSSR count). The average Bonchev–Trinajstić information content (AvgIpc) is 2.78. The lowest BCUT2D eigenvalue weighted by Crippen LogP contribution is -2.25. The highest BCUT2D eigenvalue weighted by molar-refractivity contribution is 9.10. The molecule has 1 unspecified atom stereocenters. The van der Waals surface area contributed by atoms with Crippen molar-refractivity contribution < 1.29 is 0 Å². The highest BCUT2D eigenvalue weighted by Gasteiger charge is 2.22. The number of aryl methyl sites for hydroxylation is 1. The summed E-state index contributed by atoms with van der Waals surface area (Å²) in [6.45, 7) is 5.85. The molecule has 0 aliphatic rings. The summed E-state index contributed by atoms with van der Waals surface area (Å²) in [7, 11) is 0. The van der Waals surface area contributed by atoms with Crippen LogP contribution in [0.25, 0.3) is 0 Å². The lowest BCUT2D eigenvalue weighted by atomic mass is 10.0. The number of halogens is 2. The monoisotopic (exact) mass is 341 g/mol. The van der Waals surface area contributed by atoms with E-state index in [2.05, 4.69) is 46.3 Å². The molecule has 0 bridgehead atoms. The highest BCUT2D eigenvalue weighted by Crippen LogP contribution is 2.32. The third-order valence-electron chi connectivity index (χ3n) is 3.03. The lowest BCUT2D eigenvalue weighted by molar-refractivity contribution is 0.541. The van der Waals surface area contributed by atoms with E-state index in [9.17, 15) is 0 Å². The van der Waals surface area contributed by atoms with Gasteiger partial charge in [0, 0.05) is 11.6 Å². The Labute approximate surface area is 127 Å². The van der Waals surface area contributed by atoms with Gasteiger partial charge in [-0.3, -0.25) is 4.68 Å². The van der Waals surface area contributed by atoms with Crippen molar-refractivity contribution in [3.05, 3.63) is 51.2 Å². The van der Waals surface area contributed by atoms with Crippen molar-refractivity contribution in [2.24, 2.45) is 0 Å². The Kier molecular flexibility index (Phi) is 5.02. The summed E-state index contributed by atoms with van der Waals surface area (Å²) < 4.78 is 2.99. The minimum atomic E-state index is 0.0375. The molecule has 0 saturated heterocycles. The van der Waals surface area contributed by atoms with Crippen molar-refractivity contribution >= 4 is 27.5 Å². The third-order valence-corrected chi connectivity index (χ3v) is 3.99. The Balaban J connectivity index is 2.51. The largest absolute Gasteiger partial charge is 0.305 e. The minimum Gasteiger partial charge on any atom is -0.305 e. The van der Waals surface area contributed by atoms with Crippen LogP contribution < -0.4 is 5.32 Å². The second-order valence-electron chi connectivity index (χ2n) is 4.21. The number of hydrogen-bond donors (Lipinski definition) is 1. The van der Waals surface area contributed by atoms with Crippen LogP contribution in [0, 0.1) is 0 Å². The normalized spacial score (nSPS) is 12.6. The van der Waals surface area contributed by atoms with Gasteiger partial charge in [0.05, 0.1) is 22.4 Å². The molecule has 0 aliphatic heterocycles. The summed E-state index contributed by atoms with van der Waals surface area (Å²) in [5, 5.41) is 8.63. The molecule has 1 aromatic carbocycles. The van der Waals surface area contributed by atoms with Gasteiger partial charge in [0.15, 0.2) is 0 Å². The average molecular weight is 343 g/mol. The smallest absolute Gasteiger partial charge is 0.0774 e. The van der Waals surface area contributed by atoms with Gasteiger partial charge in [0.1, 0.15) is 0 Å². The molecular weight excluding hydrogens is 326 g/mol. The Morgan fingerprint density at radius 1 is 1.37 bits per heavy atom. The quantitative estimate of drug-likeness (QED) is 0.889. The molecule has 3 nitrogen and oxygen atoms in total. The fourth-order valence-electron chi connectivity index (χ4n) is 2.18. The van der Waals surface area contributed by atoms with Crippen LogP contribution in [-0.4, -0.2) is 16.3 Å². The molecule has 1 heterocycles. The van der Waals surface area contributed by atoms with E-state index in [1.807, 2.05) is 29.1 Å². The van der Waals surface area contributed by atoms with Gasteiger partial charge in [-0.05, 0) is 41.0 Å². The van der Waals surface area contributed by atoms with Crippen LogP contribution in [0.4, 0.5) is 0 Å². The van der Waals surface area contributed by atoms with Gasteiger partial charge in [-0.15, -0.1) is 0 Å². The number of nitrogens with one attached hydrogen (secondary N) is 1. The van der Waals surface area contributed by atoms with Crippen LogP contribution in [0.2, 0.25) is 5.02 Å². The molecule has 1 atom stereocenters. The van der Waals surface area contributed by atoms with Crippen LogP contribution in [-0.2, 0) is 6.54 Å². The van der Waals surface area contributed by atoms with Gasteiger partial charge in [0.25, 0.3) is 0 Å². The molecular formula is C14H17BrClN3. The summed E-state index contributed by atoms with van der Waals surface area (Å²) in [4.78, 5) is 0. The second-order valence-corrected chi connectivity index (χ2v) is 5.47. The van der Waals surface area contributed by atoms with Crippen molar-refractivity contribution in [2.45, 2.75) is 26.4 Å². The summed E-state index contributed by atoms with van der Waals surface area (Å²) in [6.07, 6.45) is 1.83. The van der Waals surface area contributed by atoms with Crippen molar-refractivity contribution in [3.8, 4) is 0 Å². The van der Waals surface area contributed by atoms with Crippen molar-refractivity contribution in [1.29, 1.82) is 0 Å². The molecule has 0 spiro atoms. The molecule has 102 valence electrons. The van der Waals surface area contributed by atoms with Crippen LogP contribution in [0.3, 0.4) is 0 Å². The van der Waals surface area contributed by atoms with Crippen molar-refractivity contribution in [2.75, 3.05) is 6.54 Å². The fraction of sp³-hybridized carbons (Fsp3) is 0.357. The maximum Gasteiger partial charge on any atom is 0.0774 e. The Hall–Kier alpha value is -0.840. The molecule has 1 aromatic heterocycles. The van der Waals surface area contributed by atoms with E-state index < -0.39 is 0 Å². The number of rotatable bonds is 5. The lowest BCUT2D eigenvalue weighted by Gasteiger charge is -2.21. The highest BCUT2D eigenvalue weighted by atomic mass is 79.9. The first-order chi connectivity index (χ1) is 9.19. The van der Waals surface area contributed by atoms with E-state index in [0.717, 1.165) is 33.8 Å². The number of benzene rings is 1. The van der Waals surface area contributed by atoms with E-state index in [4.69, 9.17) is 11.6 Å². The first-order valence-corrected chi connectivity index (χ1v) is 7.55. The number of hydrogen-bond acceptors (Lipinski definition) is 2. The van der Waals surface area contributed by atoms with Crippen molar-refractivity contribution in [1.82, 2.24) is 15.1 Å². The van der Waals surface area contributed by atoms with Crippen LogP contribution >= 0.6 is 27.5 Å². The SMILES string of the molecule is CCNC(c1ccccc1Cl)c1c(Br)cnn1CC. The number of nitrogens with zero attached hydrogens (tertiary/aromatic N) is 2. The molecule has 0 fully saturated rings. The zero-order chi connectivity index (χ0) is 13.8. The van der Waals surface area contributed by atoms with Crippen LogP contribution in [0.15, 0.2) is 34.9 Å². The Bertz CT molecular complexity index is 553. The second kappa shape index (κ2) is 6.55. The zero-order valence-electron chi connectivity index (χ0n) is 11.0. The Morgan fingerprint density at radius 3 is 2.74 bits per heavy atom. The predicted molar refractivity (Wildman–Crippen MR) is 82.6 cm³/mol. The van der Waals surface area contributed by atoms with E-state index in [1.165, 1.54) is 0 Å². The molecule has 0 saturated carbocycles. The number of aromatic nitrogens is 2. The third kappa shape index (κ3) is 3.02. The Morgan fingerprint density at radius 2 is 2.11 bits per heavy atom. The van der Waals surface area contributed by atoms with Gasteiger partial charge in [0.2, 0.25) is 0 Å². The van der Waals surface area contributed by atoms with Crippen molar-refractivity contribution in [3.63, 3.8) is 0 Å². The standard InChI is InChI=1S/C14H17BrClN3/c1-3-17-13(10-7-5-6-8-12(10)16)14-11(15)9-18-19(14)4-2/h5-9,13,17H,3-4H2,1-2H3. The molecule has 1 N–H and O–H groups in total. The summed E-state index contributed by atoms with van der Waals surface area (Å²) in [5.74, 6) is 0. The summed E-state index contributed by atoms with van der Waals surface area (Å²) in [5.41, 5.74) is 2.18. The van der Waals surface area contributed by atoms with Gasteiger partial charge >= 0.3 is 0 Å².